The van der Waals surface area contributed by atoms with Gasteiger partial charge < -0.3 is 0 Å². The van der Waals surface area contributed by atoms with Crippen LogP contribution in [0, 0.1) is 0 Å². The molecule has 1 saturated carbocycles. The van der Waals surface area contributed by atoms with Crippen LogP contribution < -0.4 is 0 Å². The predicted octanol–water partition coefficient (Wildman–Crippen LogP) is 2.36. The van der Waals surface area contributed by atoms with E-state index >= 15 is 0 Å². The average Bonchev–Trinajstić information content (AvgIpc) is 2.65. The number of unbranched alkanes of at least 4 members (excludes halogenated alkanes) is 1. The lowest BCUT2D eigenvalue weighted by atomic mass is 10.2. The number of rotatable bonds is 2. The Morgan fingerprint density at radius 3 is 2.58 bits per heavy atom. The minimum absolute atomic E-state index is 0.211. The van der Waals surface area contributed by atoms with Crippen LogP contribution in [0.2, 0.25) is 0 Å². The smallest absolute Gasteiger partial charge is 0.124 e. The van der Waals surface area contributed by atoms with Gasteiger partial charge in [0, 0.05) is 5.57 Å². The Morgan fingerprint density at radius 1 is 1.42 bits per heavy atom. The van der Waals surface area contributed by atoms with Gasteiger partial charge in [0.1, 0.15) is 12.2 Å². The molecule has 66 valence electrons. The van der Waals surface area contributed by atoms with Gasteiger partial charge in [-0.05, 0) is 25.3 Å². The Hall–Kier alpha value is -0.560. The maximum atomic E-state index is 5.08. The van der Waals surface area contributed by atoms with Crippen LogP contribution >= 0.6 is 0 Å². The molecule has 0 aromatic heterocycles. The summed E-state index contributed by atoms with van der Waals surface area (Å²) in [4.78, 5) is 10.2. The van der Waals surface area contributed by atoms with Crippen molar-refractivity contribution in [3.8, 4) is 0 Å². The zero-order valence-electron chi connectivity index (χ0n) is 7.38. The lowest BCUT2D eigenvalue weighted by Crippen LogP contribution is -2.05. The highest BCUT2D eigenvalue weighted by molar-refractivity contribution is 5.20. The predicted molar refractivity (Wildman–Crippen MR) is 45.5 cm³/mol. The topological polar surface area (TPSA) is 18.5 Å². The van der Waals surface area contributed by atoms with Crippen molar-refractivity contribution in [2.75, 3.05) is 0 Å². The molecule has 0 unspecified atom stereocenters. The molecule has 0 amide bonds. The Balaban J connectivity index is 2.08. The first-order valence-corrected chi connectivity index (χ1v) is 4.69. The van der Waals surface area contributed by atoms with E-state index < -0.39 is 0 Å². The Bertz CT molecular complexity index is 204. The maximum Gasteiger partial charge on any atom is 0.124 e. The van der Waals surface area contributed by atoms with Crippen LogP contribution in [0.1, 0.15) is 32.6 Å². The van der Waals surface area contributed by atoms with E-state index in [-0.39, 0.29) is 12.2 Å². The highest BCUT2D eigenvalue weighted by Crippen LogP contribution is 2.36. The summed E-state index contributed by atoms with van der Waals surface area (Å²) in [6.07, 6.45) is 7.00. The van der Waals surface area contributed by atoms with Crippen LogP contribution in [0.4, 0.5) is 0 Å². The monoisotopic (exact) mass is 166 g/mol. The van der Waals surface area contributed by atoms with Gasteiger partial charge >= 0.3 is 0 Å². The van der Waals surface area contributed by atoms with Gasteiger partial charge in [0.05, 0.1) is 0 Å². The second-order valence-corrected chi connectivity index (χ2v) is 3.34. The molecule has 2 nitrogen and oxygen atoms in total. The third kappa shape index (κ3) is 1.34. The molecule has 1 saturated heterocycles. The van der Waals surface area contributed by atoms with Crippen molar-refractivity contribution in [2.45, 2.75) is 44.8 Å². The fraction of sp³-hybridized carbons (Fsp3) is 0.700. The van der Waals surface area contributed by atoms with Crippen LogP contribution in [0.3, 0.4) is 0 Å². The molecule has 2 rings (SSSR count). The lowest BCUT2D eigenvalue weighted by molar-refractivity contribution is -0.315. The van der Waals surface area contributed by atoms with E-state index in [1.54, 1.807) is 0 Å². The van der Waals surface area contributed by atoms with E-state index in [2.05, 4.69) is 18.7 Å². The van der Waals surface area contributed by atoms with Crippen LogP contribution in [0.15, 0.2) is 17.4 Å². The molecule has 1 heterocycles. The molecule has 0 radical (unpaired) electrons. The molecule has 0 spiro atoms. The summed E-state index contributed by atoms with van der Waals surface area (Å²) in [7, 11) is 0. The summed E-state index contributed by atoms with van der Waals surface area (Å²) < 4.78 is 0. The van der Waals surface area contributed by atoms with Crippen molar-refractivity contribution < 1.29 is 9.78 Å². The number of fused-ring (bicyclic) bond motifs is 2. The summed E-state index contributed by atoms with van der Waals surface area (Å²) in [6.45, 7) is 2.17. The molecule has 0 N–H and O–H groups in total. The van der Waals surface area contributed by atoms with Crippen molar-refractivity contribution in [3.05, 3.63) is 17.4 Å². The van der Waals surface area contributed by atoms with Crippen LogP contribution in [-0.4, -0.2) is 12.2 Å². The summed E-state index contributed by atoms with van der Waals surface area (Å²) >= 11 is 0. The van der Waals surface area contributed by atoms with Gasteiger partial charge in [0.25, 0.3) is 0 Å². The first-order chi connectivity index (χ1) is 5.92. The van der Waals surface area contributed by atoms with Gasteiger partial charge in [-0.25, -0.2) is 9.78 Å². The van der Waals surface area contributed by atoms with E-state index in [1.807, 2.05) is 0 Å². The molecule has 1 aliphatic heterocycles. The number of hydrogen-bond donors (Lipinski definition) is 0. The standard InChI is InChI=1S/C10H14O2/c1-2-3-4-5-8-9-6-7-10(8)12-11-9/h4,9-10H,2-3,6-7H2,1H3/t5?,9-,10+. The molecule has 2 atom stereocenters. The molecular weight excluding hydrogens is 152 g/mol. The van der Waals surface area contributed by atoms with Crippen molar-refractivity contribution in [1.82, 2.24) is 0 Å². The quantitative estimate of drug-likeness (QED) is 0.463. The highest BCUT2D eigenvalue weighted by atomic mass is 17.2. The second kappa shape index (κ2) is 3.44. The SMILES string of the molecule is CCCC=C=C1[C@@H]2CC[C@H]1OO2. The van der Waals surface area contributed by atoms with Crippen molar-refractivity contribution >= 4 is 0 Å². The zero-order chi connectivity index (χ0) is 8.39. The van der Waals surface area contributed by atoms with E-state index in [4.69, 9.17) is 9.78 Å². The molecule has 2 aliphatic rings. The second-order valence-electron chi connectivity index (χ2n) is 3.34. The Labute approximate surface area is 72.8 Å². The lowest BCUT2D eigenvalue weighted by Gasteiger charge is -2.05. The summed E-state index contributed by atoms with van der Waals surface area (Å²) in [5, 5.41) is 0. The van der Waals surface area contributed by atoms with Gasteiger partial charge in [-0.3, -0.25) is 0 Å². The van der Waals surface area contributed by atoms with Crippen LogP contribution in [0.25, 0.3) is 0 Å². The average molecular weight is 166 g/mol. The Morgan fingerprint density at radius 2 is 2.08 bits per heavy atom. The van der Waals surface area contributed by atoms with Gasteiger partial charge in [-0.1, -0.05) is 13.3 Å². The molecule has 12 heavy (non-hydrogen) atoms. The van der Waals surface area contributed by atoms with Gasteiger partial charge in [-0.2, -0.15) is 0 Å². The van der Waals surface area contributed by atoms with Crippen molar-refractivity contribution in [1.29, 1.82) is 0 Å². The van der Waals surface area contributed by atoms with Crippen molar-refractivity contribution in [2.24, 2.45) is 0 Å². The minimum atomic E-state index is 0.211. The molecule has 0 aromatic carbocycles. The third-order valence-electron chi connectivity index (χ3n) is 2.37. The fourth-order valence-corrected chi connectivity index (χ4v) is 1.68. The number of hydrogen-bond acceptors (Lipinski definition) is 2. The van der Waals surface area contributed by atoms with E-state index in [9.17, 15) is 0 Å². The molecule has 2 bridgehead atoms. The maximum absolute atomic E-state index is 5.08. The largest absolute Gasteiger partial charge is 0.227 e. The summed E-state index contributed by atoms with van der Waals surface area (Å²) in [5.41, 5.74) is 4.51. The third-order valence-corrected chi connectivity index (χ3v) is 2.37. The normalized spacial score (nSPS) is 32.2. The molecule has 2 heteroatoms. The van der Waals surface area contributed by atoms with Gasteiger partial charge in [0.2, 0.25) is 0 Å². The molecular formula is C10H14O2. The van der Waals surface area contributed by atoms with Gasteiger partial charge in [-0.15, -0.1) is 5.73 Å². The first-order valence-electron chi connectivity index (χ1n) is 4.69. The highest BCUT2D eigenvalue weighted by Gasteiger charge is 2.40. The summed E-state index contributed by atoms with van der Waals surface area (Å²) in [6, 6.07) is 0. The molecule has 0 aromatic rings. The molecule has 1 aliphatic carbocycles. The molecule has 2 fully saturated rings. The summed E-state index contributed by atoms with van der Waals surface area (Å²) in [5.74, 6) is 0. The van der Waals surface area contributed by atoms with Crippen LogP contribution in [0.5, 0.6) is 0 Å². The van der Waals surface area contributed by atoms with Crippen LogP contribution in [-0.2, 0) is 9.78 Å². The van der Waals surface area contributed by atoms with Gasteiger partial charge in [0.15, 0.2) is 0 Å². The van der Waals surface area contributed by atoms with E-state index in [0.717, 1.165) is 19.3 Å². The van der Waals surface area contributed by atoms with E-state index in [1.165, 1.54) is 12.0 Å². The fourth-order valence-electron chi connectivity index (χ4n) is 1.68. The van der Waals surface area contributed by atoms with Crippen molar-refractivity contribution in [3.63, 3.8) is 0 Å². The zero-order valence-corrected chi connectivity index (χ0v) is 7.38. The first kappa shape index (κ1) is 8.06. The van der Waals surface area contributed by atoms with E-state index in [0.29, 0.717) is 0 Å². The Kier molecular flexibility index (Phi) is 2.31. The minimum Gasteiger partial charge on any atom is -0.227 e.